The van der Waals surface area contributed by atoms with Gasteiger partial charge in [0.2, 0.25) is 10.0 Å². The van der Waals surface area contributed by atoms with Crippen molar-refractivity contribution < 1.29 is 8.42 Å². The molecule has 0 aliphatic carbocycles. The number of sulfonamides is 1. The third-order valence-electron chi connectivity index (χ3n) is 3.15. The van der Waals surface area contributed by atoms with Crippen molar-refractivity contribution in [2.75, 3.05) is 12.8 Å². The molecule has 0 spiro atoms. The van der Waals surface area contributed by atoms with E-state index in [9.17, 15) is 8.42 Å². The summed E-state index contributed by atoms with van der Waals surface area (Å²) in [5.41, 5.74) is 7.93. The van der Waals surface area contributed by atoms with Crippen molar-refractivity contribution in [3.63, 3.8) is 0 Å². The van der Waals surface area contributed by atoms with Gasteiger partial charge in [0.05, 0.1) is 12.2 Å². The van der Waals surface area contributed by atoms with Gasteiger partial charge in [-0.15, -0.1) is 0 Å². The fourth-order valence-electron chi connectivity index (χ4n) is 1.81. The fourth-order valence-corrected chi connectivity index (χ4v) is 3.12. The quantitative estimate of drug-likeness (QED) is 0.813. The van der Waals surface area contributed by atoms with Gasteiger partial charge >= 0.3 is 0 Å². The molecule has 1 aromatic heterocycles. The number of aromatic amines is 1. The van der Waals surface area contributed by atoms with E-state index in [1.54, 1.807) is 12.1 Å². The number of H-pyrrole nitrogens is 1. The molecule has 0 fully saturated rings. The molecule has 2 rings (SSSR count). The molecule has 0 bridgehead atoms. The van der Waals surface area contributed by atoms with Crippen molar-refractivity contribution in [2.45, 2.75) is 25.3 Å². The minimum Gasteiger partial charge on any atom is -0.398 e. The monoisotopic (exact) mass is 295 g/mol. The normalized spacial score (nSPS) is 12.0. The highest BCUT2D eigenvalue weighted by Gasteiger charge is 2.24. The number of aromatic nitrogens is 3. The van der Waals surface area contributed by atoms with Crippen molar-refractivity contribution in [1.29, 1.82) is 0 Å². The first kappa shape index (κ1) is 14.5. The first-order valence-corrected chi connectivity index (χ1v) is 7.43. The summed E-state index contributed by atoms with van der Waals surface area (Å²) in [6.07, 6.45) is 1.33. The molecule has 1 aromatic carbocycles. The van der Waals surface area contributed by atoms with Crippen LogP contribution < -0.4 is 5.73 Å². The Hall–Kier alpha value is -1.93. The number of anilines is 1. The Labute approximate surface area is 117 Å². The molecule has 0 aliphatic rings. The molecule has 3 N–H and O–H groups in total. The minimum absolute atomic E-state index is 0.106. The molecule has 108 valence electrons. The molecule has 0 aliphatic heterocycles. The van der Waals surface area contributed by atoms with Gasteiger partial charge in [-0.2, -0.15) is 9.40 Å². The largest absolute Gasteiger partial charge is 0.398 e. The maximum absolute atomic E-state index is 12.5. The number of hydrogen-bond acceptors (Lipinski definition) is 5. The zero-order valence-corrected chi connectivity index (χ0v) is 12.4. The molecular formula is C12H17N5O2S. The van der Waals surface area contributed by atoms with Crippen LogP contribution in [-0.4, -0.2) is 35.0 Å². The van der Waals surface area contributed by atoms with Gasteiger partial charge in [-0.3, -0.25) is 5.10 Å². The number of nitrogens with two attached hydrogens (primary N) is 1. The standard InChI is InChI=1S/C12H17N5O2S/c1-8-4-10(13)11(5-9(8)2)20(18,19)17(3)6-12-14-7-15-16-12/h4-5,7H,6,13H2,1-3H3,(H,14,15,16). The van der Waals surface area contributed by atoms with Gasteiger partial charge in [0.1, 0.15) is 17.0 Å². The Morgan fingerprint density at radius 3 is 2.55 bits per heavy atom. The van der Waals surface area contributed by atoms with E-state index in [1.165, 1.54) is 17.7 Å². The number of benzene rings is 1. The van der Waals surface area contributed by atoms with E-state index in [-0.39, 0.29) is 17.1 Å². The Bertz CT molecular complexity index is 710. The summed E-state index contributed by atoms with van der Waals surface area (Å²) < 4.78 is 26.2. The lowest BCUT2D eigenvalue weighted by Crippen LogP contribution is -2.27. The average molecular weight is 295 g/mol. The summed E-state index contributed by atoms with van der Waals surface area (Å²) in [5.74, 6) is 0.471. The van der Waals surface area contributed by atoms with Crippen LogP contribution in [-0.2, 0) is 16.6 Å². The van der Waals surface area contributed by atoms with Gasteiger partial charge in [-0.1, -0.05) is 0 Å². The van der Waals surface area contributed by atoms with Crippen molar-refractivity contribution in [3.05, 3.63) is 35.4 Å². The molecule has 7 nitrogen and oxygen atoms in total. The van der Waals surface area contributed by atoms with E-state index in [0.717, 1.165) is 11.1 Å². The zero-order chi connectivity index (χ0) is 14.9. The molecule has 8 heteroatoms. The summed E-state index contributed by atoms with van der Waals surface area (Å²) in [5, 5.41) is 6.32. The molecule has 2 aromatic rings. The fraction of sp³-hybridized carbons (Fsp3) is 0.333. The minimum atomic E-state index is -3.66. The van der Waals surface area contributed by atoms with Crippen LogP contribution in [0.2, 0.25) is 0 Å². The van der Waals surface area contributed by atoms with Crippen LogP contribution in [0.5, 0.6) is 0 Å². The molecule has 0 saturated heterocycles. The number of nitrogens with zero attached hydrogens (tertiary/aromatic N) is 3. The summed E-state index contributed by atoms with van der Waals surface area (Å²) in [4.78, 5) is 4.03. The first-order valence-electron chi connectivity index (χ1n) is 5.99. The predicted octanol–water partition coefficient (Wildman–Crippen LogP) is 0.824. The molecular weight excluding hydrogens is 278 g/mol. The van der Waals surface area contributed by atoms with Gasteiger partial charge < -0.3 is 5.73 Å². The topological polar surface area (TPSA) is 105 Å². The van der Waals surface area contributed by atoms with Gasteiger partial charge in [0.25, 0.3) is 0 Å². The van der Waals surface area contributed by atoms with Crippen LogP contribution in [0.25, 0.3) is 0 Å². The molecule has 0 amide bonds. The number of hydrogen-bond donors (Lipinski definition) is 2. The van der Waals surface area contributed by atoms with E-state index >= 15 is 0 Å². The van der Waals surface area contributed by atoms with Gasteiger partial charge in [-0.25, -0.2) is 13.4 Å². The Kier molecular flexibility index (Phi) is 3.78. The van der Waals surface area contributed by atoms with Gasteiger partial charge in [0.15, 0.2) is 0 Å². The van der Waals surface area contributed by atoms with Crippen molar-refractivity contribution in [1.82, 2.24) is 19.5 Å². The highest BCUT2D eigenvalue weighted by atomic mass is 32.2. The Balaban J connectivity index is 2.37. The van der Waals surface area contributed by atoms with Crippen molar-refractivity contribution in [2.24, 2.45) is 0 Å². The summed E-state index contributed by atoms with van der Waals surface area (Å²) in [7, 11) is -2.19. The second kappa shape index (κ2) is 5.22. The third-order valence-corrected chi connectivity index (χ3v) is 5.01. The second-order valence-electron chi connectivity index (χ2n) is 4.67. The van der Waals surface area contributed by atoms with Crippen molar-refractivity contribution in [3.8, 4) is 0 Å². The first-order chi connectivity index (χ1) is 9.32. The van der Waals surface area contributed by atoms with Crippen molar-refractivity contribution >= 4 is 15.7 Å². The molecule has 0 unspecified atom stereocenters. The van der Waals surface area contributed by atoms with E-state index < -0.39 is 10.0 Å². The molecule has 0 saturated carbocycles. The highest BCUT2D eigenvalue weighted by molar-refractivity contribution is 7.89. The average Bonchev–Trinajstić information content (AvgIpc) is 2.86. The summed E-state index contributed by atoms with van der Waals surface area (Å²) in [6, 6.07) is 3.27. The number of nitrogens with one attached hydrogen (secondary N) is 1. The lowest BCUT2D eigenvalue weighted by Gasteiger charge is -2.18. The number of nitrogen functional groups attached to an aromatic ring is 1. The second-order valence-corrected chi connectivity index (χ2v) is 6.68. The maximum Gasteiger partial charge on any atom is 0.245 e. The van der Waals surface area contributed by atoms with Gasteiger partial charge in [0, 0.05) is 7.05 Å². The predicted molar refractivity (Wildman–Crippen MR) is 75.4 cm³/mol. The Morgan fingerprint density at radius 1 is 1.30 bits per heavy atom. The van der Waals surface area contributed by atoms with E-state index in [1.807, 2.05) is 13.8 Å². The zero-order valence-electron chi connectivity index (χ0n) is 11.6. The maximum atomic E-state index is 12.5. The molecule has 1 heterocycles. The smallest absolute Gasteiger partial charge is 0.245 e. The van der Waals surface area contributed by atoms with E-state index in [0.29, 0.717) is 5.82 Å². The highest BCUT2D eigenvalue weighted by Crippen LogP contribution is 2.25. The van der Waals surface area contributed by atoms with Crippen LogP contribution in [0.15, 0.2) is 23.4 Å². The lowest BCUT2D eigenvalue weighted by atomic mass is 10.1. The Morgan fingerprint density at radius 2 is 1.95 bits per heavy atom. The van der Waals surface area contributed by atoms with Crippen LogP contribution in [0.4, 0.5) is 5.69 Å². The van der Waals surface area contributed by atoms with Crippen LogP contribution in [0.3, 0.4) is 0 Å². The number of aryl methyl sites for hydroxylation is 2. The lowest BCUT2D eigenvalue weighted by molar-refractivity contribution is 0.457. The van der Waals surface area contributed by atoms with E-state index in [4.69, 9.17) is 5.73 Å². The van der Waals surface area contributed by atoms with Crippen LogP contribution in [0, 0.1) is 13.8 Å². The molecule has 0 atom stereocenters. The third kappa shape index (κ3) is 2.66. The summed E-state index contributed by atoms with van der Waals surface area (Å²) in [6.45, 7) is 3.85. The SMILES string of the molecule is Cc1cc(N)c(S(=O)(=O)N(C)Cc2ncn[nH]2)cc1C. The summed E-state index contributed by atoms with van der Waals surface area (Å²) >= 11 is 0. The molecule has 0 radical (unpaired) electrons. The number of rotatable bonds is 4. The van der Waals surface area contributed by atoms with Crippen LogP contribution in [0.1, 0.15) is 17.0 Å². The van der Waals surface area contributed by atoms with Crippen LogP contribution >= 0.6 is 0 Å². The molecule has 20 heavy (non-hydrogen) atoms. The van der Waals surface area contributed by atoms with E-state index in [2.05, 4.69) is 15.2 Å². The van der Waals surface area contributed by atoms with Gasteiger partial charge in [-0.05, 0) is 37.1 Å².